The maximum absolute atomic E-state index is 12.8. The van der Waals surface area contributed by atoms with Crippen molar-refractivity contribution in [3.05, 3.63) is 53.7 Å². The minimum absolute atomic E-state index is 0. The molecule has 0 aliphatic carbocycles. The summed E-state index contributed by atoms with van der Waals surface area (Å²) in [6, 6.07) is 10.1. The minimum Gasteiger partial charge on any atom is -0.374 e. The Hall–Kier alpha value is -2.16. The number of carbonyl (C=O) groups is 1. The number of rotatable bonds is 4. The molecule has 1 aromatic carbocycles. The van der Waals surface area contributed by atoms with Crippen molar-refractivity contribution in [2.45, 2.75) is 12.3 Å². The summed E-state index contributed by atoms with van der Waals surface area (Å²) in [4.78, 5) is 16.0. The molecule has 1 aliphatic rings. The first-order valence-corrected chi connectivity index (χ1v) is 8.19. The van der Waals surface area contributed by atoms with Gasteiger partial charge in [0.1, 0.15) is 5.69 Å². The van der Waals surface area contributed by atoms with Crippen LogP contribution in [0.3, 0.4) is 0 Å². The molecule has 146 valence electrons. The number of carbonyl (C=O) groups excluding carboxylic acids is 1. The lowest BCUT2D eigenvalue weighted by atomic mass is 10.1. The number of aromatic nitrogens is 1. The first-order chi connectivity index (χ1) is 12.4. The fourth-order valence-corrected chi connectivity index (χ4v) is 2.63. The number of nitrogens with zero attached hydrogens (tertiary/aromatic N) is 1. The third kappa shape index (κ3) is 5.66. The largest absolute Gasteiger partial charge is 0.433 e. The third-order valence-corrected chi connectivity index (χ3v) is 3.95. The SMILES string of the molecule is Cl.O=C(NCC1CNCCO1)c1cccc(-c2cccc(C(F)(F)F)n2)c1. The van der Waals surface area contributed by atoms with E-state index < -0.39 is 11.9 Å². The van der Waals surface area contributed by atoms with E-state index in [-0.39, 0.29) is 30.1 Å². The molecule has 1 saturated heterocycles. The molecule has 0 bridgehead atoms. The lowest BCUT2D eigenvalue weighted by molar-refractivity contribution is -0.141. The Labute approximate surface area is 160 Å². The van der Waals surface area contributed by atoms with E-state index in [0.717, 1.165) is 12.6 Å². The Kier molecular flexibility index (Phi) is 7.18. The quantitative estimate of drug-likeness (QED) is 0.827. The van der Waals surface area contributed by atoms with E-state index >= 15 is 0 Å². The van der Waals surface area contributed by atoms with Gasteiger partial charge in [0, 0.05) is 30.8 Å². The number of alkyl halides is 3. The second-order valence-corrected chi connectivity index (χ2v) is 5.89. The molecule has 3 rings (SSSR count). The highest BCUT2D eigenvalue weighted by Crippen LogP contribution is 2.29. The second-order valence-electron chi connectivity index (χ2n) is 5.89. The summed E-state index contributed by atoms with van der Waals surface area (Å²) < 4.78 is 44.0. The van der Waals surface area contributed by atoms with Gasteiger partial charge in [0.25, 0.3) is 5.91 Å². The number of ether oxygens (including phenoxy) is 1. The van der Waals surface area contributed by atoms with Gasteiger partial charge in [-0.15, -0.1) is 12.4 Å². The predicted octanol–water partition coefficient (Wildman–Crippen LogP) is 2.91. The smallest absolute Gasteiger partial charge is 0.374 e. The Morgan fingerprint density at radius 3 is 2.74 bits per heavy atom. The average Bonchev–Trinajstić information content (AvgIpc) is 2.66. The summed E-state index contributed by atoms with van der Waals surface area (Å²) >= 11 is 0. The molecule has 0 saturated carbocycles. The van der Waals surface area contributed by atoms with Gasteiger partial charge in [0.2, 0.25) is 0 Å². The van der Waals surface area contributed by atoms with Gasteiger partial charge < -0.3 is 15.4 Å². The first kappa shape index (κ1) is 21.1. The molecule has 2 N–H and O–H groups in total. The Balaban J connectivity index is 0.00000261. The van der Waals surface area contributed by atoms with Crippen LogP contribution in [-0.4, -0.2) is 43.2 Å². The van der Waals surface area contributed by atoms with Crippen LogP contribution in [0.15, 0.2) is 42.5 Å². The van der Waals surface area contributed by atoms with Crippen LogP contribution in [0, 0.1) is 0 Å². The van der Waals surface area contributed by atoms with Crippen LogP contribution < -0.4 is 10.6 Å². The molecule has 2 heterocycles. The standard InChI is InChI=1S/C18H18F3N3O2.ClH/c19-18(20,21)16-6-2-5-15(24-16)12-3-1-4-13(9-12)17(25)23-11-14-10-22-7-8-26-14;/h1-6,9,14,22H,7-8,10-11H2,(H,23,25);1H. The van der Waals surface area contributed by atoms with Gasteiger partial charge >= 0.3 is 6.18 Å². The maximum Gasteiger partial charge on any atom is 0.433 e. The van der Waals surface area contributed by atoms with E-state index in [2.05, 4.69) is 15.6 Å². The van der Waals surface area contributed by atoms with E-state index in [0.29, 0.717) is 30.8 Å². The molecular weight excluding hydrogens is 383 g/mol. The van der Waals surface area contributed by atoms with Gasteiger partial charge in [0.15, 0.2) is 0 Å². The average molecular weight is 402 g/mol. The zero-order valence-electron chi connectivity index (χ0n) is 14.3. The summed E-state index contributed by atoms with van der Waals surface area (Å²) in [7, 11) is 0. The van der Waals surface area contributed by atoms with E-state index in [1.165, 1.54) is 18.2 Å². The van der Waals surface area contributed by atoms with Gasteiger partial charge in [-0.2, -0.15) is 13.2 Å². The van der Waals surface area contributed by atoms with Crippen LogP contribution in [0.2, 0.25) is 0 Å². The van der Waals surface area contributed by atoms with Crippen LogP contribution in [0.4, 0.5) is 13.2 Å². The summed E-state index contributed by atoms with van der Waals surface area (Å²) in [6.07, 6.45) is -4.61. The van der Waals surface area contributed by atoms with Crippen LogP contribution in [0.25, 0.3) is 11.3 Å². The summed E-state index contributed by atoms with van der Waals surface area (Å²) in [6.45, 7) is 2.40. The number of benzene rings is 1. The number of amides is 1. The van der Waals surface area contributed by atoms with Crippen LogP contribution in [0.1, 0.15) is 16.1 Å². The molecule has 0 spiro atoms. The van der Waals surface area contributed by atoms with Crippen molar-refractivity contribution in [1.82, 2.24) is 15.6 Å². The molecule has 9 heteroatoms. The molecule has 1 amide bonds. The highest BCUT2D eigenvalue weighted by Gasteiger charge is 2.32. The number of hydrogen-bond donors (Lipinski definition) is 2. The Morgan fingerprint density at radius 1 is 1.26 bits per heavy atom. The van der Waals surface area contributed by atoms with E-state index in [1.54, 1.807) is 18.2 Å². The summed E-state index contributed by atoms with van der Waals surface area (Å²) in [5.41, 5.74) is -0.00842. The zero-order chi connectivity index (χ0) is 18.6. The molecule has 1 atom stereocenters. The molecule has 1 aliphatic heterocycles. The van der Waals surface area contributed by atoms with Crippen molar-refractivity contribution in [3.63, 3.8) is 0 Å². The van der Waals surface area contributed by atoms with Gasteiger partial charge in [-0.1, -0.05) is 18.2 Å². The summed E-state index contributed by atoms with van der Waals surface area (Å²) in [5, 5.41) is 5.95. The first-order valence-electron chi connectivity index (χ1n) is 8.19. The molecule has 5 nitrogen and oxygen atoms in total. The lowest BCUT2D eigenvalue weighted by Crippen LogP contribution is -2.45. The highest BCUT2D eigenvalue weighted by molar-refractivity contribution is 5.95. The Bertz CT molecular complexity index is 780. The van der Waals surface area contributed by atoms with E-state index in [9.17, 15) is 18.0 Å². The molecule has 27 heavy (non-hydrogen) atoms. The number of pyridine rings is 1. The lowest BCUT2D eigenvalue weighted by Gasteiger charge is -2.23. The van der Waals surface area contributed by atoms with Crippen molar-refractivity contribution in [2.24, 2.45) is 0 Å². The number of nitrogens with one attached hydrogen (secondary N) is 2. The third-order valence-electron chi connectivity index (χ3n) is 3.95. The molecule has 1 unspecified atom stereocenters. The van der Waals surface area contributed by atoms with Crippen LogP contribution >= 0.6 is 12.4 Å². The van der Waals surface area contributed by atoms with Gasteiger partial charge in [0.05, 0.1) is 18.4 Å². The minimum atomic E-state index is -4.51. The van der Waals surface area contributed by atoms with Crippen molar-refractivity contribution >= 4 is 18.3 Å². The van der Waals surface area contributed by atoms with Crippen molar-refractivity contribution in [3.8, 4) is 11.3 Å². The van der Waals surface area contributed by atoms with Crippen LogP contribution in [0.5, 0.6) is 0 Å². The van der Waals surface area contributed by atoms with E-state index in [4.69, 9.17) is 4.74 Å². The monoisotopic (exact) mass is 401 g/mol. The molecule has 2 aromatic rings. The highest BCUT2D eigenvalue weighted by atomic mass is 35.5. The molecule has 1 fully saturated rings. The van der Waals surface area contributed by atoms with Gasteiger partial charge in [-0.05, 0) is 24.3 Å². The maximum atomic E-state index is 12.8. The fourth-order valence-electron chi connectivity index (χ4n) is 2.63. The zero-order valence-corrected chi connectivity index (χ0v) is 15.1. The predicted molar refractivity (Wildman–Crippen MR) is 96.9 cm³/mol. The topological polar surface area (TPSA) is 63.2 Å². The number of halogens is 4. The molecular formula is C18H19ClF3N3O2. The molecule has 1 aromatic heterocycles. The van der Waals surface area contributed by atoms with Crippen molar-refractivity contribution in [2.75, 3.05) is 26.2 Å². The molecule has 0 radical (unpaired) electrons. The van der Waals surface area contributed by atoms with Gasteiger partial charge in [-0.25, -0.2) is 4.98 Å². The Morgan fingerprint density at radius 2 is 2.04 bits per heavy atom. The van der Waals surface area contributed by atoms with Crippen molar-refractivity contribution in [1.29, 1.82) is 0 Å². The van der Waals surface area contributed by atoms with E-state index in [1.807, 2.05) is 0 Å². The summed E-state index contributed by atoms with van der Waals surface area (Å²) in [5.74, 6) is -0.312. The number of morpholine rings is 1. The van der Waals surface area contributed by atoms with Crippen molar-refractivity contribution < 1.29 is 22.7 Å². The van der Waals surface area contributed by atoms with Gasteiger partial charge in [-0.3, -0.25) is 4.79 Å². The second kappa shape index (κ2) is 9.16. The van der Waals surface area contributed by atoms with Crippen LogP contribution in [-0.2, 0) is 10.9 Å². The fraction of sp³-hybridized carbons (Fsp3) is 0.333. The number of hydrogen-bond acceptors (Lipinski definition) is 4. The normalized spacial score (nSPS) is 17.1.